The van der Waals surface area contributed by atoms with Crippen LogP contribution in [0.1, 0.15) is 40.9 Å². The molecule has 8 aromatic carbocycles. The minimum absolute atomic E-state index is 0.0928. The quantitative estimate of drug-likeness (QED) is 0.176. The van der Waals surface area contributed by atoms with Gasteiger partial charge in [-0.25, -0.2) is 0 Å². The van der Waals surface area contributed by atoms with E-state index in [1.165, 1.54) is 32.3 Å². The van der Waals surface area contributed by atoms with Crippen molar-refractivity contribution in [3.05, 3.63) is 192 Å². The van der Waals surface area contributed by atoms with Crippen LogP contribution in [0.2, 0.25) is 0 Å². The zero-order chi connectivity index (χ0) is 34.3. The van der Waals surface area contributed by atoms with Crippen molar-refractivity contribution in [3.63, 3.8) is 0 Å². The van der Waals surface area contributed by atoms with E-state index in [0.29, 0.717) is 0 Å². The fourth-order valence-electron chi connectivity index (χ4n) is 8.36. The van der Waals surface area contributed by atoms with Crippen molar-refractivity contribution < 1.29 is 4.79 Å². The van der Waals surface area contributed by atoms with Crippen molar-refractivity contribution in [3.8, 4) is 5.69 Å². The highest BCUT2D eigenvalue weighted by atomic mass is 16.1. The zero-order valence-corrected chi connectivity index (χ0v) is 28.5. The summed E-state index contributed by atoms with van der Waals surface area (Å²) in [7, 11) is 0. The summed E-state index contributed by atoms with van der Waals surface area (Å²) in [5.74, 6) is 0.0928. The SMILES string of the molecule is CC1(C)c2ccccc2C(=O)c2ccc(-n3c4cc(N(c5ccccc5)c5ccccc5)ccc4c4cc5cc6ccccc6cc5cc43)cc21. The number of benzene rings is 8. The van der Waals surface area contributed by atoms with Crippen LogP contribution in [0.5, 0.6) is 0 Å². The lowest BCUT2D eigenvalue weighted by molar-refractivity contribution is 0.103. The second kappa shape index (κ2) is 11.0. The molecule has 0 amide bonds. The maximum atomic E-state index is 13.8. The van der Waals surface area contributed by atoms with E-state index < -0.39 is 0 Å². The van der Waals surface area contributed by atoms with E-state index in [1.54, 1.807) is 0 Å². The molecule has 242 valence electrons. The van der Waals surface area contributed by atoms with Gasteiger partial charge in [-0.3, -0.25) is 4.79 Å². The number of carbonyl (C=O) groups is 1. The van der Waals surface area contributed by atoms with Crippen LogP contribution in [0.25, 0.3) is 49.0 Å². The van der Waals surface area contributed by atoms with E-state index in [0.717, 1.165) is 56.0 Å². The van der Waals surface area contributed by atoms with Crippen LogP contribution in [0, 0.1) is 0 Å². The molecule has 3 nitrogen and oxygen atoms in total. The Morgan fingerprint density at radius 1 is 0.451 bits per heavy atom. The van der Waals surface area contributed by atoms with Gasteiger partial charge < -0.3 is 9.47 Å². The predicted octanol–water partition coefficient (Wildman–Crippen LogP) is 12.4. The van der Waals surface area contributed by atoms with Crippen LogP contribution in [-0.4, -0.2) is 10.4 Å². The Kier molecular flexibility index (Phi) is 6.37. The molecule has 0 atom stereocenters. The molecule has 1 aliphatic rings. The number of ketones is 1. The van der Waals surface area contributed by atoms with Gasteiger partial charge >= 0.3 is 0 Å². The number of para-hydroxylation sites is 2. The number of anilines is 3. The highest BCUT2D eigenvalue weighted by Crippen LogP contribution is 2.44. The molecule has 0 aliphatic heterocycles. The zero-order valence-electron chi connectivity index (χ0n) is 28.5. The molecule has 0 saturated carbocycles. The van der Waals surface area contributed by atoms with E-state index >= 15 is 0 Å². The lowest BCUT2D eigenvalue weighted by atomic mass is 9.68. The number of fused-ring (bicyclic) bond motifs is 7. The summed E-state index contributed by atoms with van der Waals surface area (Å²) >= 11 is 0. The topological polar surface area (TPSA) is 25.2 Å². The van der Waals surface area contributed by atoms with Gasteiger partial charge in [-0.05, 0) is 112 Å². The fraction of sp³-hybridized carbons (Fsp3) is 0.0625. The third-order valence-electron chi connectivity index (χ3n) is 10.9. The molecule has 51 heavy (non-hydrogen) atoms. The normalized spacial score (nSPS) is 13.5. The van der Waals surface area contributed by atoms with Crippen LogP contribution in [0.4, 0.5) is 17.1 Å². The van der Waals surface area contributed by atoms with E-state index in [1.807, 2.05) is 24.3 Å². The van der Waals surface area contributed by atoms with Crippen molar-refractivity contribution in [1.29, 1.82) is 0 Å². The van der Waals surface area contributed by atoms with Gasteiger partial charge in [0.1, 0.15) is 0 Å². The van der Waals surface area contributed by atoms with Crippen LogP contribution >= 0.6 is 0 Å². The first-order valence-electron chi connectivity index (χ1n) is 17.6. The highest BCUT2D eigenvalue weighted by molar-refractivity contribution is 6.16. The second-order valence-corrected chi connectivity index (χ2v) is 14.2. The predicted molar refractivity (Wildman–Crippen MR) is 212 cm³/mol. The monoisotopic (exact) mass is 654 g/mol. The van der Waals surface area contributed by atoms with Crippen LogP contribution in [0.3, 0.4) is 0 Å². The van der Waals surface area contributed by atoms with Gasteiger partial charge in [0.2, 0.25) is 0 Å². The van der Waals surface area contributed by atoms with E-state index in [-0.39, 0.29) is 11.2 Å². The van der Waals surface area contributed by atoms with Gasteiger partial charge in [-0.15, -0.1) is 0 Å². The molecule has 0 radical (unpaired) electrons. The fourth-order valence-corrected chi connectivity index (χ4v) is 8.36. The highest BCUT2D eigenvalue weighted by Gasteiger charge is 2.37. The summed E-state index contributed by atoms with van der Waals surface area (Å²) in [5, 5.41) is 7.25. The Labute approximate surface area is 296 Å². The van der Waals surface area contributed by atoms with Crippen molar-refractivity contribution in [2.45, 2.75) is 19.3 Å². The first-order valence-corrected chi connectivity index (χ1v) is 17.6. The molecule has 0 unspecified atom stereocenters. The van der Waals surface area contributed by atoms with Gasteiger partial charge in [0.05, 0.1) is 11.0 Å². The van der Waals surface area contributed by atoms with Gasteiger partial charge in [-0.2, -0.15) is 0 Å². The Hall–Kier alpha value is -6.45. The lowest BCUT2D eigenvalue weighted by Gasteiger charge is -2.34. The Morgan fingerprint density at radius 2 is 1.04 bits per heavy atom. The van der Waals surface area contributed by atoms with Crippen LogP contribution < -0.4 is 4.90 Å². The molecule has 3 heteroatoms. The maximum Gasteiger partial charge on any atom is 0.193 e. The number of hydrogen-bond donors (Lipinski definition) is 0. The molecule has 1 heterocycles. The average Bonchev–Trinajstić information content (AvgIpc) is 3.48. The van der Waals surface area contributed by atoms with Gasteiger partial charge in [-0.1, -0.05) is 105 Å². The summed E-state index contributed by atoms with van der Waals surface area (Å²) in [6, 6.07) is 60.3. The maximum absolute atomic E-state index is 13.8. The van der Waals surface area contributed by atoms with Crippen molar-refractivity contribution >= 4 is 66.2 Å². The molecule has 0 fully saturated rings. The molecule has 0 saturated heterocycles. The molecule has 0 bridgehead atoms. The second-order valence-electron chi connectivity index (χ2n) is 14.2. The first-order chi connectivity index (χ1) is 25.0. The number of aromatic nitrogens is 1. The molecular weight excluding hydrogens is 621 g/mol. The number of nitrogens with zero attached hydrogens (tertiary/aromatic N) is 2. The molecule has 1 aliphatic carbocycles. The molecule has 9 aromatic rings. The minimum Gasteiger partial charge on any atom is -0.310 e. The summed E-state index contributed by atoms with van der Waals surface area (Å²) in [6.07, 6.45) is 0. The van der Waals surface area contributed by atoms with Crippen LogP contribution in [0.15, 0.2) is 170 Å². The average molecular weight is 655 g/mol. The summed E-state index contributed by atoms with van der Waals surface area (Å²) in [6.45, 7) is 4.47. The Balaban J connectivity index is 1.27. The summed E-state index contributed by atoms with van der Waals surface area (Å²) < 4.78 is 2.40. The standard InChI is InChI=1S/C48H34N2O/c1-48(2)43-20-12-11-19-40(43)47(51)41-24-22-37(29-44(41)48)50-45-28-34-26-32-14-10-9-13-31(32)25-33(34)27-42(45)39-23-21-38(30-46(39)50)49(35-15-5-3-6-16-35)36-17-7-4-8-18-36/h3-30H,1-2H3. The number of hydrogen-bond acceptors (Lipinski definition) is 2. The molecule has 10 rings (SSSR count). The Morgan fingerprint density at radius 3 is 1.75 bits per heavy atom. The third kappa shape index (κ3) is 4.48. The van der Waals surface area contributed by atoms with Crippen LogP contribution in [-0.2, 0) is 5.41 Å². The minimum atomic E-state index is -0.344. The van der Waals surface area contributed by atoms with E-state index in [2.05, 4.69) is 169 Å². The first kappa shape index (κ1) is 29.5. The van der Waals surface area contributed by atoms with Crippen molar-refractivity contribution in [2.75, 3.05) is 4.90 Å². The molecule has 0 spiro atoms. The summed E-state index contributed by atoms with van der Waals surface area (Å²) in [4.78, 5) is 16.2. The van der Waals surface area contributed by atoms with E-state index in [9.17, 15) is 4.79 Å². The smallest absolute Gasteiger partial charge is 0.193 e. The number of carbonyl (C=O) groups excluding carboxylic acids is 1. The largest absolute Gasteiger partial charge is 0.310 e. The number of rotatable bonds is 4. The summed E-state index contributed by atoms with van der Waals surface area (Å²) in [5.41, 5.74) is 9.90. The molecule has 1 aromatic heterocycles. The van der Waals surface area contributed by atoms with Crippen molar-refractivity contribution in [2.24, 2.45) is 0 Å². The Bertz CT molecular complexity index is 2810. The molecule has 0 N–H and O–H groups in total. The van der Waals surface area contributed by atoms with Crippen molar-refractivity contribution in [1.82, 2.24) is 4.57 Å². The molecular formula is C48H34N2O. The van der Waals surface area contributed by atoms with E-state index in [4.69, 9.17) is 0 Å². The lowest BCUT2D eigenvalue weighted by Crippen LogP contribution is -2.30. The van der Waals surface area contributed by atoms with Gasteiger partial charge in [0, 0.05) is 50.1 Å². The van der Waals surface area contributed by atoms with Gasteiger partial charge in [0.25, 0.3) is 0 Å². The third-order valence-corrected chi connectivity index (χ3v) is 10.9. The van der Waals surface area contributed by atoms with Gasteiger partial charge in [0.15, 0.2) is 5.78 Å².